The van der Waals surface area contributed by atoms with E-state index in [1.807, 2.05) is 4.90 Å². The Labute approximate surface area is 222 Å². The van der Waals surface area contributed by atoms with Crippen LogP contribution in [0.1, 0.15) is 19.4 Å². The highest BCUT2D eigenvalue weighted by atomic mass is 35.5. The lowest BCUT2D eigenvalue weighted by Crippen LogP contribution is -2.52. The average Bonchev–Trinajstić information content (AvgIpc) is 2.90. The van der Waals surface area contributed by atoms with Gasteiger partial charge in [-0.05, 0) is 43.7 Å². The lowest BCUT2D eigenvalue weighted by Gasteiger charge is -2.29. The van der Waals surface area contributed by atoms with Gasteiger partial charge < -0.3 is 14.4 Å². The van der Waals surface area contributed by atoms with Crippen LogP contribution in [0.15, 0.2) is 57.0 Å². The first-order valence-corrected chi connectivity index (χ1v) is 12.4. The summed E-state index contributed by atoms with van der Waals surface area (Å²) in [4.78, 5) is 47.7. The molecular formula is C26H29ClFN5O5. The van der Waals surface area contributed by atoms with Gasteiger partial charge in [0, 0.05) is 30.7 Å². The normalized spacial score (nSPS) is 14.6. The number of methoxy groups -OCH3 is 1. The van der Waals surface area contributed by atoms with Gasteiger partial charge in [-0.25, -0.2) is 23.5 Å². The van der Waals surface area contributed by atoms with Crippen LogP contribution in [0.3, 0.4) is 0 Å². The number of ether oxygens (including phenoxy) is 2. The van der Waals surface area contributed by atoms with Crippen LogP contribution in [0, 0.1) is 11.2 Å². The monoisotopic (exact) mass is 545 g/mol. The van der Waals surface area contributed by atoms with E-state index in [1.54, 1.807) is 50.2 Å². The molecule has 1 aromatic heterocycles. The number of nitrogens with one attached hydrogen (secondary N) is 1. The number of morpholine rings is 1. The number of anilines is 1. The molecule has 1 N–H and O–H groups in total. The Morgan fingerprint density at radius 2 is 1.82 bits per heavy atom. The van der Waals surface area contributed by atoms with Crippen molar-refractivity contribution >= 4 is 28.9 Å². The SMILES string of the molecule is COC(=O)C(C)(C)Cn1c(=O)[nH]/c(=N\c2ccc(N3CCOCC3)c(F)c2)n(Cc2ccc(Cl)cc2)c1=O. The maximum Gasteiger partial charge on any atom is 0.335 e. The van der Waals surface area contributed by atoms with E-state index in [4.69, 9.17) is 21.1 Å². The molecule has 3 aromatic rings. The topological polar surface area (TPSA) is 111 Å². The first-order valence-electron chi connectivity index (χ1n) is 12.0. The van der Waals surface area contributed by atoms with Gasteiger partial charge in [-0.3, -0.25) is 14.3 Å². The first-order chi connectivity index (χ1) is 18.1. The van der Waals surface area contributed by atoms with Gasteiger partial charge in [-0.15, -0.1) is 0 Å². The van der Waals surface area contributed by atoms with Gasteiger partial charge in [-0.1, -0.05) is 23.7 Å². The second-order valence-corrected chi connectivity index (χ2v) is 9.99. The van der Waals surface area contributed by atoms with Crippen molar-refractivity contribution in [3.8, 4) is 0 Å². The number of halogens is 2. The smallest absolute Gasteiger partial charge is 0.335 e. The number of benzene rings is 2. The molecule has 0 amide bonds. The van der Waals surface area contributed by atoms with Crippen LogP contribution in [0.5, 0.6) is 0 Å². The predicted molar refractivity (Wildman–Crippen MR) is 140 cm³/mol. The van der Waals surface area contributed by atoms with Crippen LogP contribution in [0.25, 0.3) is 0 Å². The summed E-state index contributed by atoms with van der Waals surface area (Å²) in [7, 11) is 1.24. The van der Waals surface area contributed by atoms with Crippen molar-refractivity contribution in [3.05, 3.63) is 85.5 Å². The molecule has 0 aliphatic carbocycles. The lowest BCUT2D eigenvalue weighted by atomic mass is 9.94. The minimum atomic E-state index is -1.15. The lowest BCUT2D eigenvalue weighted by molar-refractivity contribution is -0.151. The molecule has 1 aliphatic rings. The molecule has 10 nitrogen and oxygen atoms in total. The number of hydrogen-bond donors (Lipinski definition) is 1. The number of aromatic amines is 1. The van der Waals surface area contributed by atoms with Crippen molar-refractivity contribution in [2.75, 3.05) is 38.3 Å². The van der Waals surface area contributed by atoms with Crippen molar-refractivity contribution in [3.63, 3.8) is 0 Å². The van der Waals surface area contributed by atoms with E-state index in [0.29, 0.717) is 42.6 Å². The summed E-state index contributed by atoms with van der Waals surface area (Å²) < 4.78 is 27.3. The molecule has 0 radical (unpaired) electrons. The van der Waals surface area contributed by atoms with Crippen LogP contribution in [0.2, 0.25) is 5.02 Å². The summed E-state index contributed by atoms with van der Waals surface area (Å²) in [6.45, 7) is 5.14. The number of carbonyl (C=O) groups excluding carboxylic acids is 1. The number of aromatic nitrogens is 3. The van der Waals surface area contributed by atoms with E-state index < -0.39 is 28.6 Å². The fraction of sp³-hybridized carbons (Fsp3) is 0.385. The van der Waals surface area contributed by atoms with E-state index in [1.165, 1.54) is 17.7 Å². The number of hydrogen-bond acceptors (Lipinski definition) is 7. The van der Waals surface area contributed by atoms with Crippen molar-refractivity contribution in [2.24, 2.45) is 10.4 Å². The third-order valence-corrected chi connectivity index (χ3v) is 6.50. The molecule has 12 heteroatoms. The summed E-state index contributed by atoms with van der Waals surface area (Å²) in [6, 6.07) is 11.3. The molecule has 0 bridgehead atoms. The van der Waals surface area contributed by atoms with Crippen LogP contribution in [0.4, 0.5) is 15.8 Å². The molecule has 4 rings (SSSR count). The predicted octanol–water partition coefficient (Wildman–Crippen LogP) is 2.45. The maximum atomic E-state index is 15.0. The molecule has 2 aromatic carbocycles. The Morgan fingerprint density at radius 1 is 1.13 bits per heavy atom. The van der Waals surface area contributed by atoms with Gasteiger partial charge in [-0.2, -0.15) is 0 Å². The molecule has 38 heavy (non-hydrogen) atoms. The van der Waals surface area contributed by atoms with Crippen LogP contribution in [-0.2, 0) is 27.4 Å². The highest BCUT2D eigenvalue weighted by molar-refractivity contribution is 6.30. The molecule has 0 unspecified atom stereocenters. The zero-order valence-corrected chi connectivity index (χ0v) is 22.1. The van der Waals surface area contributed by atoms with E-state index >= 15 is 0 Å². The largest absolute Gasteiger partial charge is 0.469 e. The summed E-state index contributed by atoms with van der Waals surface area (Å²) in [5.74, 6) is -1.05. The zero-order valence-electron chi connectivity index (χ0n) is 21.4. The highest BCUT2D eigenvalue weighted by Gasteiger charge is 2.31. The number of carbonyl (C=O) groups is 1. The van der Waals surface area contributed by atoms with Crippen LogP contribution < -0.4 is 21.9 Å². The van der Waals surface area contributed by atoms with Crippen LogP contribution in [-0.4, -0.2) is 53.5 Å². The minimum Gasteiger partial charge on any atom is -0.469 e. The number of rotatable bonds is 7. The average molecular weight is 546 g/mol. The third-order valence-electron chi connectivity index (χ3n) is 6.24. The Balaban J connectivity index is 1.81. The standard InChI is InChI=1S/C26H29ClFN5O5/c1-26(2,22(34)37-3)16-33-24(35)30-23(32(25(33)36)15-17-4-6-18(27)7-5-17)29-19-8-9-21(20(28)14-19)31-10-12-38-13-11-31/h4-9,14H,10-13,15-16H2,1-3H3,(H,29,30,35). The molecule has 0 atom stereocenters. The quantitative estimate of drug-likeness (QED) is 0.457. The summed E-state index contributed by atoms with van der Waals surface area (Å²) >= 11 is 6.00. The fourth-order valence-electron chi connectivity index (χ4n) is 4.18. The molecule has 1 saturated heterocycles. The molecule has 0 saturated carbocycles. The van der Waals surface area contributed by atoms with Gasteiger partial charge in [0.25, 0.3) is 0 Å². The Morgan fingerprint density at radius 3 is 2.45 bits per heavy atom. The molecular weight excluding hydrogens is 517 g/mol. The Kier molecular flexibility index (Phi) is 8.17. The van der Waals surface area contributed by atoms with E-state index in [-0.39, 0.29) is 24.4 Å². The highest BCUT2D eigenvalue weighted by Crippen LogP contribution is 2.25. The summed E-state index contributed by atoms with van der Waals surface area (Å²) in [6.07, 6.45) is 0. The van der Waals surface area contributed by atoms with Gasteiger partial charge in [0.15, 0.2) is 0 Å². The molecule has 1 aliphatic heterocycles. The van der Waals surface area contributed by atoms with E-state index in [0.717, 1.165) is 4.57 Å². The van der Waals surface area contributed by atoms with E-state index in [9.17, 15) is 18.8 Å². The fourth-order valence-corrected chi connectivity index (χ4v) is 4.31. The minimum absolute atomic E-state index is 0.0403. The molecule has 2 heterocycles. The summed E-state index contributed by atoms with van der Waals surface area (Å²) in [5.41, 5.74) is -1.32. The molecule has 0 spiro atoms. The first kappa shape index (κ1) is 27.3. The molecule has 202 valence electrons. The number of esters is 1. The van der Waals surface area contributed by atoms with Gasteiger partial charge in [0.1, 0.15) is 5.82 Å². The van der Waals surface area contributed by atoms with E-state index in [2.05, 4.69) is 9.98 Å². The second kappa shape index (κ2) is 11.4. The zero-order chi connectivity index (χ0) is 27.4. The Bertz CT molecular complexity index is 1500. The third kappa shape index (κ3) is 6.05. The number of H-pyrrole nitrogens is 1. The van der Waals surface area contributed by atoms with Gasteiger partial charge >= 0.3 is 17.3 Å². The second-order valence-electron chi connectivity index (χ2n) is 9.56. The van der Waals surface area contributed by atoms with Gasteiger partial charge in [0.2, 0.25) is 5.62 Å². The van der Waals surface area contributed by atoms with Crippen molar-refractivity contribution < 1.29 is 18.7 Å². The maximum absolute atomic E-state index is 15.0. The van der Waals surface area contributed by atoms with Gasteiger partial charge in [0.05, 0.1) is 43.7 Å². The number of nitrogens with zero attached hydrogens (tertiary/aromatic N) is 4. The van der Waals surface area contributed by atoms with Crippen molar-refractivity contribution in [1.29, 1.82) is 0 Å². The Hall–Kier alpha value is -3.70. The molecule has 1 fully saturated rings. The van der Waals surface area contributed by atoms with Crippen molar-refractivity contribution in [2.45, 2.75) is 26.9 Å². The van der Waals surface area contributed by atoms with Crippen molar-refractivity contribution in [1.82, 2.24) is 14.1 Å². The summed E-state index contributed by atoms with van der Waals surface area (Å²) in [5, 5.41) is 0.526. The van der Waals surface area contributed by atoms with Crippen LogP contribution >= 0.6 is 11.6 Å².